The van der Waals surface area contributed by atoms with Crippen molar-refractivity contribution in [3.8, 4) is 0 Å². The number of hydrogen-bond donors (Lipinski definition) is 1. The summed E-state index contributed by atoms with van der Waals surface area (Å²) in [6.45, 7) is 5.05. The predicted octanol–water partition coefficient (Wildman–Crippen LogP) is 2.90. The zero-order chi connectivity index (χ0) is 14.5. The van der Waals surface area contributed by atoms with Crippen LogP contribution in [0.25, 0.3) is 0 Å². The maximum atomic E-state index is 13.0. The van der Waals surface area contributed by atoms with Crippen molar-refractivity contribution in [1.29, 1.82) is 0 Å². The molecule has 1 unspecified atom stereocenters. The number of hydrogen-bond acceptors (Lipinski definition) is 3. The molecule has 2 aliphatic rings. The topological polar surface area (TPSA) is 46.3 Å². The highest BCUT2D eigenvalue weighted by atomic mass is 32.1. The number of fused-ring (bicyclic) bond motifs is 1. The van der Waals surface area contributed by atoms with Crippen LogP contribution >= 0.6 is 23.6 Å². The molecule has 20 heavy (non-hydrogen) atoms. The van der Waals surface area contributed by atoms with E-state index in [0.717, 1.165) is 25.8 Å². The fraction of sp³-hybridized carbons (Fsp3) is 0.600. The first kappa shape index (κ1) is 14.0. The van der Waals surface area contributed by atoms with Crippen LogP contribution in [0.4, 0.5) is 0 Å². The van der Waals surface area contributed by atoms with Crippen LogP contribution in [0.2, 0.25) is 0 Å². The van der Waals surface area contributed by atoms with Gasteiger partial charge in [-0.25, -0.2) is 0 Å². The lowest BCUT2D eigenvalue weighted by Gasteiger charge is -2.48. The number of thiocarbonyl (C=S) groups is 1. The average molecular weight is 308 g/mol. The zero-order valence-corrected chi connectivity index (χ0v) is 13.5. The molecule has 0 spiro atoms. The molecule has 1 fully saturated rings. The van der Waals surface area contributed by atoms with Gasteiger partial charge in [0.1, 0.15) is 0 Å². The molecule has 1 aliphatic heterocycles. The summed E-state index contributed by atoms with van der Waals surface area (Å²) in [6, 6.07) is 2.28. The van der Waals surface area contributed by atoms with Crippen LogP contribution in [0.3, 0.4) is 0 Å². The van der Waals surface area contributed by atoms with E-state index in [1.807, 2.05) is 4.90 Å². The molecule has 1 saturated carbocycles. The second kappa shape index (κ2) is 4.81. The highest BCUT2D eigenvalue weighted by molar-refractivity contribution is 7.80. The Morgan fingerprint density at radius 2 is 2.20 bits per heavy atom. The van der Waals surface area contributed by atoms with Gasteiger partial charge in [-0.1, -0.05) is 19.1 Å². The fourth-order valence-corrected chi connectivity index (χ4v) is 4.89. The number of nitrogens with zero attached hydrogens (tertiary/aromatic N) is 1. The standard InChI is InChI=1S/C15H20N2OS2/c1-9-7-15(8-9,13(16)19)14(18)17-5-3-12-11(10(17)2)4-6-20-12/h4,6,9-10H,3,5,7-8H2,1-2H3,(H2,16,19). The third-order valence-electron chi connectivity index (χ3n) is 4.81. The number of carbonyl (C=O) groups excluding carboxylic acids is 1. The molecular weight excluding hydrogens is 288 g/mol. The molecule has 0 saturated heterocycles. The minimum absolute atomic E-state index is 0.139. The van der Waals surface area contributed by atoms with Crippen LogP contribution in [0.5, 0.6) is 0 Å². The quantitative estimate of drug-likeness (QED) is 0.855. The highest BCUT2D eigenvalue weighted by Gasteiger charge is 2.53. The molecule has 2 N–H and O–H groups in total. The van der Waals surface area contributed by atoms with Crippen molar-refractivity contribution in [3.05, 3.63) is 21.9 Å². The summed E-state index contributed by atoms with van der Waals surface area (Å²) >= 11 is 7.00. The lowest BCUT2D eigenvalue weighted by molar-refractivity contribution is -0.146. The Bertz CT molecular complexity index is 560. The van der Waals surface area contributed by atoms with E-state index in [1.54, 1.807) is 11.3 Å². The van der Waals surface area contributed by atoms with E-state index in [0.29, 0.717) is 10.9 Å². The van der Waals surface area contributed by atoms with E-state index < -0.39 is 5.41 Å². The summed E-state index contributed by atoms with van der Waals surface area (Å²) in [5, 5.41) is 2.11. The SMILES string of the molecule is CC1CC(C(=O)N2CCc3sccc3C2C)(C(N)=S)C1. The van der Waals surface area contributed by atoms with Crippen LogP contribution < -0.4 is 5.73 Å². The Morgan fingerprint density at radius 1 is 1.50 bits per heavy atom. The highest BCUT2D eigenvalue weighted by Crippen LogP contribution is 2.48. The number of amides is 1. The summed E-state index contributed by atoms with van der Waals surface area (Å²) in [7, 11) is 0. The van der Waals surface area contributed by atoms with E-state index >= 15 is 0 Å². The summed E-state index contributed by atoms with van der Waals surface area (Å²) < 4.78 is 0. The Morgan fingerprint density at radius 3 is 2.80 bits per heavy atom. The van der Waals surface area contributed by atoms with E-state index in [4.69, 9.17) is 18.0 Å². The summed E-state index contributed by atoms with van der Waals surface area (Å²) in [6.07, 6.45) is 2.56. The molecule has 1 amide bonds. The molecule has 1 aliphatic carbocycles. The third kappa shape index (κ3) is 1.91. The van der Waals surface area contributed by atoms with Gasteiger partial charge in [0.15, 0.2) is 0 Å². The Hall–Kier alpha value is -0.940. The van der Waals surface area contributed by atoms with Crippen LogP contribution in [0.1, 0.15) is 43.2 Å². The van der Waals surface area contributed by atoms with E-state index in [9.17, 15) is 4.79 Å². The van der Waals surface area contributed by atoms with Gasteiger partial charge in [-0.3, -0.25) is 4.79 Å². The second-order valence-corrected chi connectivity index (χ2v) is 7.62. The van der Waals surface area contributed by atoms with Crippen molar-refractivity contribution >= 4 is 34.5 Å². The molecular formula is C15H20N2OS2. The van der Waals surface area contributed by atoms with Crippen molar-refractivity contribution < 1.29 is 4.79 Å². The van der Waals surface area contributed by atoms with Crippen molar-refractivity contribution in [1.82, 2.24) is 4.90 Å². The lowest BCUT2D eigenvalue weighted by atomic mass is 9.61. The number of nitrogens with two attached hydrogens (primary N) is 1. The van der Waals surface area contributed by atoms with Crippen LogP contribution in [0.15, 0.2) is 11.4 Å². The third-order valence-corrected chi connectivity index (χ3v) is 6.20. The Labute approximate surface area is 129 Å². The van der Waals surface area contributed by atoms with Crippen LogP contribution in [-0.2, 0) is 11.2 Å². The smallest absolute Gasteiger partial charge is 0.236 e. The minimum Gasteiger partial charge on any atom is -0.392 e. The van der Waals surface area contributed by atoms with E-state index in [-0.39, 0.29) is 11.9 Å². The summed E-state index contributed by atoms with van der Waals surface area (Å²) in [5.41, 5.74) is 6.63. The van der Waals surface area contributed by atoms with Crippen molar-refractivity contribution in [2.45, 2.75) is 39.2 Å². The van der Waals surface area contributed by atoms with Crippen molar-refractivity contribution in [3.63, 3.8) is 0 Å². The summed E-state index contributed by atoms with van der Waals surface area (Å²) in [5.74, 6) is 0.685. The number of thiophene rings is 1. The zero-order valence-electron chi connectivity index (χ0n) is 11.9. The molecule has 0 bridgehead atoms. The van der Waals surface area contributed by atoms with Gasteiger partial charge in [0.2, 0.25) is 5.91 Å². The van der Waals surface area contributed by atoms with E-state index in [1.165, 1.54) is 10.4 Å². The van der Waals surface area contributed by atoms with Gasteiger partial charge < -0.3 is 10.6 Å². The first-order valence-electron chi connectivity index (χ1n) is 7.13. The first-order chi connectivity index (χ1) is 9.45. The molecule has 108 valence electrons. The molecule has 1 aromatic heterocycles. The minimum atomic E-state index is -0.573. The Kier molecular flexibility index (Phi) is 3.37. The van der Waals surface area contributed by atoms with Crippen molar-refractivity contribution in [2.24, 2.45) is 17.1 Å². The first-order valence-corrected chi connectivity index (χ1v) is 8.42. The lowest BCUT2D eigenvalue weighted by Crippen LogP contribution is -2.58. The molecule has 0 aromatic carbocycles. The number of rotatable bonds is 2. The van der Waals surface area contributed by atoms with E-state index in [2.05, 4.69) is 25.3 Å². The molecule has 0 radical (unpaired) electrons. The second-order valence-electron chi connectivity index (χ2n) is 6.18. The molecule has 3 nitrogen and oxygen atoms in total. The molecule has 1 atom stereocenters. The maximum Gasteiger partial charge on any atom is 0.236 e. The number of carbonyl (C=O) groups is 1. The van der Waals surface area contributed by atoms with Gasteiger partial charge in [-0.05, 0) is 49.1 Å². The van der Waals surface area contributed by atoms with Crippen molar-refractivity contribution in [2.75, 3.05) is 6.54 Å². The van der Waals surface area contributed by atoms with Crippen LogP contribution in [0, 0.1) is 11.3 Å². The fourth-order valence-electron chi connectivity index (χ4n) is 3.67. The maximum absolute atomic E-state index is 13.0. The largest absolute Gasteiger partial charge is 0.392 e. The molecule has 5 heteroatoms. The van der Waals surface area contributed by atoms with Crippen LogP contribution in [-0.4, -0.2) is 22.3 Å². The van der Waals surface area contributed by atoms with Gasteiger partial charge in [0.05, 0.1) is 16.4 Å². The monoisotopic (exact) mass is 308 g/mol. The molecule has 1 aromatic rings. The molecule has 2 heterocycles. The van der Waals surface area contributed by atoms with Gasteiger partial charge >= 0.3 is 0 Å². The average Bonchev–Trinajstić information content (AvgIpc) is 2.83. The van der Waals surface area contributed by atoms with Gasteiger partial charge in [-0.2, -0.15) is 0 Å². The van der Waals surface area contributed by atoms with Gasteiger partial charge in [0, 0.05) is 11.4 Å². The van der Waals surface area contributed by atoms with Gasteiger partial charge in [0.25, 0.3) is 0 Å². The normalized spacial score (nSPS) is 32.4. The molecule has 3 rings (SSSR count). The predicted molar refractivity (Wildman–Crippen MR) is 85.8 cm³/mol. The van der Waals surface area contributed by atoms with Gasteiger partial charge in [-0.15, -0.1) is 11.3 Å². The Balaban J connectivity index is 1.87. The summed E-state index contributed by atoms with van der Waals surface area (Å²) in [4.78, 5) is 16.8.